The molecule has 3 heteroatoms. The Hall–Kier alpha value is -1.06. The monoisotopic (exact) mass is 262 g/mol. The molecule has 2 N–H and O–H groups in total. The Morgan fingerprint density at radius 3 is 2.42 bits per heavy atom. The number of hydrogen-bond acceptors (Lipinski definition) is 3. The molecule has 0 heterocycles. The molecule has 1 aromatic rings. The number of ether oxygens (including phenoxy) is 1. The van der Waals surface area contributed by atoms with Crippen LogP contribution in [0.4, 0.5) is 0 Å². The molecule has 1 aromatic carbocycles. The Morgan fingerprint density at radius 2 is 1.95 bits per heavy atom. The van der Waals surface area contributed by atoms with Crippen molar-refractivity contribution < 1.29 is 4.74 Å². The highest BCUT2D eigenvalue weighted by Gasteiger charge is 2.35. The first-order valence-corrected chi connectivity index (χ1v) is 7.11. The normalized spacial score (nSPS) is 18.4. The largest absolute Gasteiger partial charge is 0.497 e. The van der Waals surface area contributed by atoms with Gasteiger partial charge in [0.15, 0.2) is 0 Å². The van der Waals surface area contributed by atoms with E-state index >= 15 is 0 Å². The molecule has 3 nitrogen and oxygen atoms in total. The number of likely N-dealkylation sites (N-methyl/N-ethyl adjacent to an activating group) is 1. The maximum atomic E-state index is 6.02. The Kier molecular flexibility index (Phi) is 4.48. The van der Waals surface area contributed by atoms with Crippen LogP contribution in [-0.4, -0.2) is 31.1 Å². The van der Waals surface area contributed by atoms with Gasteiger partial charge in [0, 0.05) is 18.6 Å². The minimum absolute atomic E-state index is 0.112. The lowest BCUT2D eigenvalue weighted by molar-refractivity contribution is 0.119. The molecule has 0 radical (unpaired) electrons. The summed E-state index contributed by atoms with van der Waals surface area (Å²) in [6, 6.07) is 8.29. The molecule has 1 saturated carbocycles. The van der Waals surface area contributed by atoms with E-state index in [9.17, 15) is 0 Å². The molecular formula is C16H26N2O. The van der Waals surface area contributed by atoms with E-state index < -0.39 is 0 Å². The van der Waals surface area contributed by atoms with Gasteiger partial charge in [0.2, 0.25) is 0 Å². The van der Waals surface area contributed by atoms with E-state index in [1.165, 1.54) is 24.8 Å². The van der Waals surface area contributed by atoms with Gasteiger partial charge in [-0.2, -0.15) is 0 Å². The van der Waals surface area contributed by atoms with Crippen molar-refractivity contribution in [2.75, 3.05) is 20.7 Å². The van der Waals surface area contributed by atoms with Gasteiger partial charge in [0.05, 0.1) is 7.11 Å². The number of nitrogens with two attached hydrogens (primary N) is 1. The van der Waals surface area contributed by atoms with Gasteiger partial charge in [-0.1, -0.05) is 25.0 Å². The molecule has 0 aliphatic heterocycles. The summed E-state index contributed by atoms with van der Waals surface area (Å²) >= 11 is 0. The summed E-state index contributed by atoms with van der Waals surface area (Å²) in [6.07, 6.45) is 3.98. The molecule has 0 spiro atoms. The van der Waals surface area contributed by atoms with Crippen molar-refractivity contribution in [2.24, 2.45) is 11.7 Å². The number of nitrogens with zero attached hydrogens (tertiary/aromatic N) is 1. The summed E-state index contributed by atoms with van der Waals surface area (Å²) in [5, 5.41) is 0. The van der Waals surface area contributed by atoms with E-state index in [2.05, 4.69) is 31.0 Å². The third-order valence-corrected chi connectivity index (χ3v) is 4.37. The van der Waals surface area contributed by atoms with Crippen molar-refractivity contribution in [3.05, 3.63) is 29.8 Å². The molecule has 19 heavy (non-hydrogen) atoms. The second-order valence-corrected chi connectivity index (χ2v) is 6.05. The van der Waals surface area contributed by atoms with Gasteiger partial charge in [-0.05, 0) is 44.0 Å². The zero-order valence-electron chi connectivity index (χ0n) is 12.4. The molecule has 1 atom stereocenters. The molecule has 0 saturated heterocycles. The lowest BCUT2D eigenvalue weighted by atomic mass is 9.92. The quantitative estimate of drug-likeness (QED) is 0.821. The molecule has 0 aromatic heterocycles. The van der Waals surface area contributed by atoms with E-state index in [0.717, 1.165) is 24.8 Å². The second-order valence-electron chi connectivity index (χ2n) is 6.05. The topological polar surface area (TPSA) is 38.5 Å². The average molecular weight is 262 g/mol. The molecule has 1 fully saturated rings. The second kappa shape index (κ2) is 5.93. The third kappa shape index (κ3) is 3.71. The summed E-state index contributed by atoms with van der Waals surface area (Å²) in [7, 11) is 3.88. The van der Waals surface area contributed by atoms with Gasteiger partial charge >= 0.3 is 0 Å². The third-order valence-electron chi connectivity index (χ3n) is 4.37. The van der Waals surface area contributed by atoms with Crippen LogP contribution in [0.3, 0.4) is 0 Å². The Balaban J connectivity index is 1.98. The molecule has 106 valence electrons. The number of rotatable bonds is 7. The maximum Gasteiger partial charge on any atom is 0.118 e. The van der Waals surface area contributed by atoms with E-state index in [0.29, 0.717) is 0 Å². The number of hydrogen-bond donors (Lipinski definition) is 1. The van der Waals surface area contributed by atoms with Crippen molar-refractivity contribution in [2.45, 2.75) is 38.3 Å². The van der Waals surface area contributed by atoms with Gasteiger partial charge in [-0.15, -0.1) is 0 Å². The summed E-state index contributed by atoms with van der Waals surface area (Å²) in [5.41, 5.74) is 7.44. The van der Waals surface area contributed by atoms with Crippen LogP contribution in [0.15, 0.2) is 24.3 Å². The zero-order valence-corrected chi connectivity index (χ0v) is 12.4. The number of methoxy groups -OCH3 is 1. The van der Waals surface area contributed by atoms with E-state index in [4.69, 9.17) is 10.5 Å². The van der Waals surface area contributed by atoms with Crippen LogP contribution in [0.1, 0.15) is 31.7 Å². The lowest BCUT2D eigenvalue weighted by Crippen LogP contribution is -2.49. The summed E-state index contributed by atoms with van der Waals surface area (Å²) in [6.45, 7) is 3.94. The average Bonchev–Trinajstić information content (AvgIpc) is 3.23. The van der Waals surface area contributed by atoms with E-state index in [-0.39, 0.29) is 5.54 Å². The first-order chi connectivity index (χ1) is 9.07. The van der Waals surface area contributed by atoms with Gasteiger partial charge in [-0.25, -0.2) is 0 Å². The van der Waals surface area contributed by atoms with Gasteiger partial charge in [0.25, 0.3) is 0 Å². The van der Waals surface area contributed by atoms with Crippen molar-refractivity contribution in [1.82, 2.24) is 4.90 Å². The van der Waals surface area contributed by atoms with Crippen LogP contribution in [0.5, 0.6) is 5.75 Å². The lowest BCUT2D eigenvalue weighted by Gasteiger charge is -2.38. The fourth-order valence-corrected chi connectivity index (χ4v) is 2.53. The van der Waals surface area contributed by atoms with Crippen LogP contribution in [0, 0.1) is 5.92 Å². The number of benzene rings is 1. The first-order valence-electron chi connectivity index (χ1n) is 7.11. The van der Waals surface area contributed by atoms with Crippen molar-refractivity contribution in [1.29, 1.82) is 0 Å². The van der Waals surface area contributed by atoms with Crippen molar-refractivity contribution in [3.63, 3.8) is 0 Å². The first kappa shape index (κ1) is 14.4. The summed E-state index contributed by atoms with van der Waals surface area (Å²) in [5.74, 6) is 1.80. The molecule has 1 aliphatic carbocycles. The van der Waals surface area contributed by atoms with Crippen molar-refractivity contribution >= 4 is 0 Å². The summed E-state index contributed by atoms with van der Waals surface area (Å²) < 4.78 is 5.19. The maximum absolute atomic E-state index is 6.02. The van der Waals surface area contributed by atoms with E-state index in [1.54, 1.807) is 7.11 Å². The minimum atomic E-state index is 0.112. The Bertz CT molecular complexity index is 400. The van der Waals surface area contributed by atoms with Crippen LogP contribution < -0.4 is 10.5 Å². The smallest absolute Gasteiger partial charge is 0.118 e. The van der Waals surface area contributed by atoms with Crippen LogP contribution >= 0.6 is 0 Å². The predicted octanol–water partition coefficient (Wildman–Crippen LogP) is 2.64. The van der Waals surface area contributed by atoms with Gasteiger partial charge in [-0.3, -0.25) is 4.90 Å². The predicted molar refractivity (Wildman–Crippen MR) is 79.3 cm³/mol. The molecule has 1 aliphatic rings. The summed E-state index contributed by atoms with van der Waals surface area (Å²) in [4.78, 5) is 2.40. The standard InChI is InChI=1S/C16H26N2O/c1-16(12-17,10-13-4-5-13)18(2)11-14-6-8-15(19-3)9-7-14/h6-9,13H,4-5,10-12,17H2,1-3H3. The zero-order chi connectivity index (χ0) is 13.9. The van der Waals surface area contributed by atoms with Crippen LogP contribution in [0.25, 0.3) is 0 Å². The van der Waals surface area contributed by atoms with Crippen LogP contribution in [0.2, 0.25) is 0 Å². The minimum Gasteiger partial charge on any atom is -0.497 e. The highest BCUT2D eigenvalue weighted by Crippen LogP contribution is 2.38. The SMILES string of the molecule is COc1ccc(CN(C)C(C)(CN)CC2CC2)cc1. The highest BCUT2D eigenvalue weighted by atomic mass is 16.5. The fraction of sp³-hybridized carbons (Fsp3) is 0.625. The van der Waals surface area contributed by atoms with Gasteiger partial charge < -0.3 is 10.5 Å². The molecule has 1 unspecified atom stereocenters. The fourth-order valence-electron chi connectivity index (χ4n) is 2.53. The van der Waals surface area contributed by atoms with Gasteiger partial charge in [0.1, 0.15) is 5.75 Å². The van der Waals surface area contributed by atoms with Crippen LogP contribution in [-0.2, 0) is 6.54 Å². The molecule has 2 rings (SSSR count). The van der Waals surface area contributed by atoms with Crippen molar-refractivity contribution in [3.8, 4) is 5.75 Å². The highest BCUT2D eigenvalue weighted by molar-refractivity contribution is 5.27. The molecular weight excluding hydrogens is 236 g/mol. The van der Waals surface area contributed by atoms with E-state index in [1.807, 2.05) is 12.1 Å². The molecule has 0 amide bonds. The Labute approximate surface area is 116 Å². The molecule has 0 bridgehead atoms. The Morgan fingerprint density at radius 1 is 1.32 bits per heavy atom.